The molecular formula is C17H15FN2O. The Kier molecular flexibility index (Phi) is 2.70. The SMILES string of the molecule is O=C([C@@H]1Cc2ccccc2N1)N1CCc2ccc(F)cc21. The number of carbonyl (C=O) groups excluding carboxylic acids is 1. The Labute approximate surface area is 122 Å². The van der Waals surface area contributed by atoms with Crippen LogP contribution in [0.25, 0.3) is 0 Å². The van der Waals surface area contributed by atoms with Gasteiger partial charge < -0.3 is 10.2 Å². The highest BCUT2D eigenvalue weighted by Gasteiger charge is 2.33. The summed E-state index contributed by atoms with van der Waals surface area (Å²) in [7, 11) is 0. The van der Waals surface area contributed by atoms with Crippen molar-refractivity contribution in [3.8, 4) is 0 Å². The van der Waals surface area contributed by atoms with E-state index in [1.165, 1.54) is 12.1 Å². The molecule has 1 amide bonds. The lowest BCUT2D eigenvalue weighted by Crippen LogP contribution is -2.41. The van der Waals surface area contributed by atoms with Gasteiger partial charge in [0.15, 0.2) is 0 Å². The van der Waals surface area contributed by atoms with E-state index in [1.807, 2.05) is 24.3 Å². The number of carbonyl (C=O) groups is 1. The topological polar surface area (TPSA) is 32.3 Å². The van der Waals surface area contributed by atoms with Crippen molar-refractivity contribution in [2.45, 2.75) is 18.9 Å². The van der Waals surface area contributed by atoms with Gasteiger partial charge in [0.25, 0.3) is 0 Å². The molecule has 4 heteroatoms. The number of nitrogens with one attached hydrogen (secondary N) is 1. The molecule has 0 fully saturated rings. The summed E-state index contributed by atoms with van der Waals surface area (Å²) >= 11 is 0. The van der Waals surface area contributed by atoms with Crippen LogP contribution in [0, 0.1) is 5.82 Å². The fourth-order valence-corrected chi connectivity index (χ4v) is 3.22. The monoisotopic (exact) mass is 282 g/mol. The maximum atomic E-state index is 13.4. The van der Waals surface area contributed by atoms with Gasteiger partial charge in [-0.05, 0) is 35.7 Å². The van der Waals surface area contributed by atoms with Crippen molar-refractivity contribution < 1.29 is 9.18 Å². The van der Waals surface area contributed by atoms with E-state index in [0.29, 0.717) is 13.0 Å². The summed E-state index contributed by atoms with van der Waals surface area (Å²) in [6.45, 7) is 0.631. The van der Waals surface area contributed by atoms with Crippen molar-refractivity contribution in [2.75, 3.05) is 16.8 Å². The molecule has 0 radical (unpaired) electrons. The lowest BCUT2D eigenvalue weighted by Gasteiger charge is -2.21. The molecule has 0 bridgehead atoms. The van der Waals surface area contributed by atoms with Gasteiger partial charge in [0.1, 0.15) is 11.9 Å². The Balaban J connectivity index is 1.60. The smallest absolute Gasteiger partial charge is 0.249 e. The third kappa shape index (κ3) is 1.98. The number of para-hydroxylation sites is 1. The molecule has 21 heavy (non-hydrogen) atoms. The van der Waals surface area contributed by atoms with Gasteiger partial charge >= 0.3 is 0 Å². The number of nitrogens with zero attached hydrogens (tertiary/aromatic N) is 1. The van der Waals surface area contributed by atoms with Crippen LogP contribution in [-0.4, -0.2) is 18.5 Å². The van der Waals surface area contributed by atoms with E-state index in [0.717, 1.165) is 28.9 Å². The molecule has 0 saturated carbocycles. The first kappa shape index (κ1) is 12.4. The first-order chi connectivity index (χ1) is 10.2. The molecule has 1 N–H and O–H groups in total. The molecule has 2 aromatic carbocycles. The lowest BCUT2D eigenvalue weighted by molar-refractivity contribution is -0.119. The predicted molar refractivity (Wildman–Crippen MR) is 80.0 cm³/mol. The van der Waals surface area contributed by atoms with Crippen molar-refractivity contribution >= 4 is 17.3 Å². The van der Waals surface area contributed by atoms with E-state index < -0.39 is 0 Å². The fraction of sp³-hybridized carbons (Fsp3) is 0.235. The maximum absolute atomic E-state index is 13.4. The van der Waals surface area contributed by atoms with Crippen LogP contribution in [0.15, 0.2) is 42.5 Å². The molecule has 0 aliphatic carbocycles. The minimum atomic E-state index is -0.295. The van der Waals surface area contributed by atoms with Gasteiger partial charge in [0.05, 0.1) is 0 Å². The summed E-state index contributed by atoms with van der Waals surface area (Å²) in [5.41, 5.74) is 3.95. The molecule has 2 heterocycles. The molecule has 106 valence electrons. The second-order valence-electron chi connectivity index (χ2n) is 5.57. The molecule has 3 nitrogen and oxygen atoms in total. The van der Waals surface area contributed by atoms with E-state index in [2.05, 4.69) is 5.32 Å². The number of amides is 1. The minimum Gasteiger partial charge on any atom is -0.373 e. The first-order valence-electron chi connectivity index (χ1n) is 7.16. The van der Waals surface area contributed by atoms with Crippen LogP contribution >= 0.6 is 0 Å². The van der Waals surface area contributed by atoms with Crippen LogP contribution in [0.3, 0.4) is 0 Å². The molecule has 2 aliphatic rings. The Morgan fingerprint density at radius 3 is 2.90 bits per heavy atom. The number of rotatable bonds is 1. The summed E-state index contributed by atoms with van der Waals surface area (Å²) in [4.78, 5) is 14.4. The fourth-order valence-electron chi connectivity index (χ4n) is 3.22. The number of benzene rings is 2. The van der Waals surface area contributed by atoms with Crippen LogP contribution in [0.1, 0.15) is 11.1 Å². The van der Waals surface area contributed by atoms with Gasteiger partial charge in [0, 0.05) is 24.3 Å². The van der Waals surface area contributed by atoms with Gasteiger partial charge in [-0.3, -0.25) is 4.79 Å². The van der Waals surface area contributed by atoms with Crippen molar-refractivity contribution in [1.82, 2.24) is 0 Å². The molecule has 0 aromatic heterocycles. The van der Waals surface area contributed by atoms with Crippen molar-refractivity contribution in [2.24, 2.45) is 0 Å². The van der Waals surface area contributed by atoms with E-state index in [4.69, 9.17) is 0 Å². The summed E-state index contributed by atoms with van der Waals surface area (Å²) in [6, 6.07) is 12.4. The minimum absolute atomic E-state index is 0.0237. The summed E-state index contributed by atoms with van der Waals surface area (Å²) < 4.78 is 13.4. The average molecular weight is 282 g/mol. The predicted octanol–water partition coefficient (Wildman–Crippen LogP) is 2.75. The van der Waals surface area contributed by atoms with Gasteiger partial charge in [-0.2, -0.15) is 0 Å². The number of hydrogen-bond acceptors (Lipinski definition) is 2. The Morgan fingerprint density at radius 2 is 2.05 bits per heavy atom. The first-order valence-corrected chi connectivity index (χ1v) is 7.16. The summed E-state index contributed by atoms with van der Waals surface area (Å²) in [5, 5.41) is 3.27. The van der Waals surface area contributed by atoms with Gasteiger partial charge in [-0.1, -0.05) is 24.3 Å². The molecular weight excluding hydrogens is 267 g/mol. The number of anilines is 2. The second-order valence-corrected chi connectivity index (χ2v) is 5.57. The van der Waals surface area contributed by atoms with Gasteiger partial charge in [-0.25, -0.2) is 4.39 Å². The van der Waals surface area contributed by atoms with Gasteiger partial charge in [0.2, 0.25) is 5.91 Å². The van der Waals surface area contributed by atoms with Crippen LogP contribution < -0.4 is 10.2 Å². The number of hydrogen-bond donors (Lipinski definition) is 1. The molecule has 0 saturated heterocycles. The van der Waals surface area contributed by atoms with Crippen LogP contribution in [0.4, 0.5) is 15.8 Å². The van der Waals surface area contributed by atoms with Gasteiger partial charge in [-0.15, -0.1) is 0 Å². The standard InChI is InChI=1S/C17H15FN2O/c18-13-6-5-11-7-8-20(16(11)10-13)17(21)15-9-12-3-1-2-4-14(12)19-15/h1-6,10,15,19H,7-9H2/t15-/m0/s1. The average Bonchev–Trinajstić information content (AvgIpc) is 3.09. The third-order valence-corrected chi connectivity index (χ3v) is 4.28. The van der Waals surface area contributed by atoms with Crippen LogP contribution in [0.2, 0.25) is 0 Å². The molecule has 0 spiro atoms. The lowest BCUT2D eigenvalue weighted by atomic mass is 10.1. The zero-order valence-corrected chi connectivity index (χ0v) is 11.5. The van der Waals surface area contributed by atoms with E-state index in [1.54, 1.807) is 11.0 Å². The largest absolute Gasteiger partial charge is 0.373 e. The summed E-state index contributed by atoms with van der Waals surface area (Å²) in [6.07, 6.45) is 1.48. The maximum Gasteiger partial charge on any atom is 0.249 e. The zero-order chi connectivity index (χ0) is 14.4. The normalized spacial score (nSPS) is 19.1. The third-order valence-electron chi connectivity index (χ3n) is 4.28. The molecule has 4 rings (SSSR count). The van der Waals surface area contributed by atoms with Crippen molar-refractivity contribution in [3.05, 3.63) is 59.4 Å². The summed E-state index contributed by atoms with van der Waals surface area (Å²) in [5.74, 6) is -0.272. The van der Waals surface area contributed by atoms with Crippen LogP contribution in [0.5, 0.6) is 0 Å². The van der Waals surface area contributed by atoms with E-state index in [-0.39, 0.29) is 17.8 Å². The van der Waals surface area contributed by atoms with E-state index in [9.17, 15) is 9.18 Å². The Morgan fingerprint density at radius 1 is 1.19 bits per heavy atom. The number of fused-ring (bicyclic) bond motifs is 2. The second kappa shape index (κ2) is 4.58. The number of halogens is 1. The Hall–Kier alpha value is -2.36. The molecule has 2 aliphatic heterocycles. The highest BCUT2D eigenvalue weighted by Crippen LogP contribution is 2.32. The highest BCUT2D eigenvalue weighted by molar-refractivity contribution is 6.01. The quantitative estimate of drug-likeness (QED) is 0.872. The van der Waals surface area contributed by atoms with E-state index >= 15 is 0 Å². The molecule has 2 aromatic rings. The molecule has 0 unspecified atom stereocenters. The van der Waals surface area contributed by atoms with Crippen molar-refractivity contribution in [3.63, 3.8) is 0 Å². The highest BCUT2D eigenvalue weighted by atomic mass is 19.1. The Bertz CT molecular complexity index is 703. The zero-order valence-electron chi connectivity index (χ0n) is 11.5. The van der Waals surface area contributed by atoms with Crippen LogP contribution in [-0.2, 0) is 17.6 Å². The van der Waals surface area contributed by atoms with Crippen molar-refractivity contribution in [1.29, 1.82) is 0 Å². The molecule has 1 atom stereocenters.